The number of carbonyl (C=O) groups excluding carboxylic acids is 1. The lowest BCUT2D eigenvalue weighted by atomic mass is 10.1. The molecule has 5 nitrogen and oxygen atoms in total. The number of hydrogen-bond donors (Lipinski definition) is 1. The van der Waals surface area contributed by atoms with Gasteiger partial charge in [-0.05, 0) is 32.9 Å². The van der Waals surface area contributed by atoms with Crippen molar-refractivity contribution >= 4 is 11.8 Å². The molecule has 0 saturated carbocycles. The van der Waals surface area contributed by atoms with Crippen LogP contribution in [0.4, 0.5) is 10.2 Å². The standard InChI is InChI=1S/C15H18FN3O2/c1-15(2,3)21-14(20)9-19-13(17)8-12(18-19)10-5-4-6-11(16)7-10/h4-8H,9,17H2,1-3H3. The first kappa shape index (κ1) is 15.0. The predicted octanol–water partition coefficient (Wildman–Crippen LogP) is 2.61. The molecule has 2 aromatic rings. The number of hydrogen-bond acceptors (Lipinski definition) is 4. The molecule has 112 valence electrons. The van der Waals surface area contributed by atoms with Crippen molar-refractivity contribution in [2.45, 2.75) is 32.9 Å². The summed E-state index contributed by atoms with van der Waals surface area (Å²) in [5.41, 5.74) is 6.37. The quantitative estimate of drug-likeness (QED) is 0.882. The molecule has 0 aliphatic carbocycles. The highest BCUT2D eigenvalue weighted by atomic mass is 19.1. The molecule has 0 saturated heterocycles. The van der Waals surface area contributed by atoms with Gasteiger partial charge in [0.1, 0.15) is 23.8 Å². The normalized spacial score (nSPS) is 11.4. The average Bonchev–Trinajstić information content (AvgIpc) is 2.68. The molecule has 0 fully saturated rings. The van der Waals surface area contributed by atoms with Crippen molar-refractivity contribution in [3.05, 3.63) is 36.1 Å². The van der Waals surface area contributed by atoms with Gasteiger partial charge in [-0.2, -0.15) is 5.10 Å². The Bertz CT molecular complexity index is 659. The summed E-state index contributed by atoms with van der Waals surface area (Å²) in [5.74, 6) is -0.462. The Morgan fingerprint density at radius 3 is 2.71 bits per heavy atom. The van der Waals surface area contributed by atoms with Crippen molar-refractivity contribution < 1.29 is 13.9 Å². The lowest BCUT2D eigenvalue weighted by molar-refractivity contribution is -0.155. The molecule has 0 unspecified atom stereocenters. The number of nitrogen functional groups attached to an aromatic ring is 1. The molecule has 0 atom stereocenters. The number of nitrogens with zero attached hydrogens (tertiary/aromatic N) is 2. The summed E-state index contributed by atoms with van der Waals surface area (Å²) in [7, 11) is 0. The zero-order valence-electron chi connectivity index (χ0n) is 12.3. The van der Waals surface area contributed by atoms with Crippen LogP contribution in [0.1, 0.15) is 20.8 Å². The van der Waals surface area contributed by atoms with E-state index >= 15 is 0 Å². The highest BCUT2D eigenvalue weighted by Crippen LogP contribution is 2.21. The SMILES string of the molecule is CC(C)(C)OC(=O)Cn1nc(-c2cccc(F)c2)cc1N. The fraction of sp³-hybridized carbons (Fsp3) is 0.333. The molecule has 0 bridgehead atoms. The fourth-order valence-electron chi connectivity index (χ4n) is 1.84. The Morgan fingerprint density at radius 1 is 1.38 bits per heavy atom. The Labute approximate surface area is 122 Å². The van der Waals surface area contributed by atoms with Crippen molar-refractivity contribution in [3.63, 3.8) is 0 Å². The minimum atomic E-state index is -0.565. The monoisotopic (exact) mass is 291 g/mol. The molecule has 2 N–H and O–H groups in total. The Balaban J connectivity index is 2.18. The lowest BCUT2D eigenvalue weighted by Gasteiger charge is -2.19. The van der Waals surface area contributed by atoms with Gasteiger partial charge < -0.3 is 10.5 Å². The van der Waals surface area contributed by atoms with Crippen LogP contribution in [-0.4, -0.2) is 21.4 Å². The van der Waals surface area contributed by atoms with Gasteiger partial charge in [-0.15, -0.1) is 0 Å². The van der Waals surface area contributed by atoms with E-state index in [4.69, 9.17) is 10.5 Å². The van der Waals surface area contributed by atoms with Gasteiger partial charge in [-0.25, -0.2) is 9.07 Å². The van der Waals surface area contributed by atoms with E-state index in [1.165, 1.54) is 16.8 Å². The first-order chi connectivity index (χ1) is 9.74. The van der Waals surface area contributed by atoms with Crippen LogP contribution in [-0.2, 0) is 16.1 Å². The second-order valence-corrected chi connectivity index (χ2v) is 5.71. The molecule has 2 rings (SSSR count). The zero-order valence-corrected chi connectivity index (χ0v) is 12.3. The van der Waals surface area contributed by atoms with Crippen molar-refractivity contribution in [1.82, 2.24) is 9.78 Å². The van der Waals surface area contributed by atoms with Gasteiger partial charge in [-0.1, -0.05) is 12.1 Å². The van der Waals surface area contributed by atoms with E-state index in [1.54, 1.807) is 39.0 Å². The number of benzene rings is 1. The summed E-state index contributed by atoms with van der Waals surface area (Å²) in [6.45, 7) is 5.28. The topological polar surface area (TPSA) is 70.1 Å². The maximum atomic E-state index is 13.2. The minimum Gasteiger partial charge on any atom is -0.459 e. The fourth-order valence-corrected chi connectivity index (χ4v) is 1.84. The second-order valence-electron chi connectivity index (χ2n) is 5.71. The molecule has 0 amide bonds. The molecule has 1 aromatic heterocycles. The molecule has 0 aliphatic rings. The highest BCUT2D eigenvalue weighted by Gasteiger charge is 2.18. The Kier molecular flexibility index (Phi) is 3.97. The van der Waals surface area contributed by atoms with E-state index in [1.807, 2.05) is 0 Å². The lowest BCUT2D eigenvalue weighted by Crippen LogP contribution is -2.27. The highest BCUT2D eigenvalue weighted by molar-refractivity contribution is 5.71. The number of aromatic nitrogens is 2. The maximum absolute atomic E-state index is 13.2. The molecule has 6 heteroatoms. The van der Waals surface area contributed by atoms with Gasteiger partial charge >= 0.3 is 5.97 Å². The Morgan fingerprint density at radius 2 is 2.10 bits per heavy atom. The van der Waals surface area contributed by atoms with E-state index < -0.39 is 11.6 Å². The number of anilines is 1. The number of nitrogens with two attached hydrogens (primary N) is 1. The molecular weight excluding hydrogens is 273 g/mol. The summed E-state index contributed by atoms with van der Waals surface area (Å²) >= 11 is 0. The first-order valence-electron chi connectivity index (χ1n) is 6.56. The zero-order chi connectivity index (χ0) is 15.6. The first-order valence-corrected chi connectivity index (χ1v) is 6.56. The smallest absolute Gasteiger partial charge is 0.328 e. The van der Waals surface area contributed by atoms with Crippen LogP contribution in [0, 0.1) is 5.82 Å². The second kappa shape index (κ2) is 5.55. The van der Waals surface area contributed by atoms with Crippen molar-refractivity contribution in [1.29, 1.82) is 0 Å². The van der Waals surface area contributed by atoms with Crippen LogP contribution in [0.2, 0.25) is 0 Å². The van der Waals surface area contributed by atoms with E-state index in [-0.39, 0.29) is 12.4 Å². The predicted molar refractivity (Wildman–Crippen MR) is 77.9 cm³/mol. The van der Waals surface area contributed by atoms with Gasteiger partial charge in [0.25, 0.3) is 0 Å². The van der Waals surface area contributed by atoms with Crippen LogP contribution in [0.25, 0.3) is 11.3 Å². The average molecular weight is 291 g/mol. The van der Waals surface area contributed by atoms with Crippen molar-refractivity contribution in [2.75, 3.05) is 5.73 Å². The molecule has 21 heavy (non-hydrogen) atoms. The van der Waals surface area contributed by atoms with Gasteiger partial charge in [0.05, 0.1) is 5.69 Å². The van der Waals surface area contributed by atoms with Crippen molar-refractivity contribution in [2.24, 2.45) is 0 Å². The molecular formula is C15H18FN3O2. The number of rotatable bonds is 3. The number of ether oxygens (including phenoxy) is 1. The van der Waals surface area contributed by atoms with E-state index in [2.05, 4.69) is 5.10 Å². The summed E-state index contributed by atoms with van der Waals surface area (Å²) in [4.78, 5) is 11.8. The molecule has 0 spiro atoms. The molecule has 0 aliphatic heterocycles. The van der Waals surface area contributed by atoms with Crippen LogP contribution in [0.3, 0.4) is 0 Å². The number of esters is 1. The van der Waals surface area contributed by atoms with E-state index in [0.717, 1.165) is 0 Å². The largest absolute Gasteiger partial charge is 0.459 e. The number of carbonyl (C=O) groups is 1. The maximum Gasteiger partial charge on any atom is 0.328 e. The minimum absolute atomic E-state index is 0.0849. The van der Waals surface area contributed by atoms with Crippen LogP contribution in [0.15, 0.2) is 30.3 Å². The Hall–Kier alpha value is -2.37. The van der Waals surface area contributed by atoms with Gasteiger partial charge in [-0.3, -0.25) is 4.79 Å². The van der Waals surface area contributed by atoms with Crippen LogP contribution < -0.4 is 5.73 Å². The summed E-state index contributed by atoms with van der Waals surface area (Å²) in [6.07, 6.45) is 0. The van der Waals surface area contributed by atoms with E-state index in [9.17, 15) is 9.18 Å². The van der Waals surface area contributed by atoms with Gasteiger partial charge in [0.2, 0.25) is 0 Å². The number of halogens is 1. The van der Waals surface area contributed by atoms with E-state index in [0.29, 0.717) is 17.1 Å². The summed E-state index contributed by atoms with van der Waals surface area (Å²) in [6, 6.07) is 7.62. The summed E-state index contributed by atoms with van der Waals surface area (Å²) < 4.78 is 19.8. The van der Waals surface area contributed by atoms with Gasteiger partial charge in [0.15, 0.2) is 0 Å². The molecule has 1 heterocycles. The van der Waals surface area contributed by atoms with Crippen LogP contribution in [0.5, 0.6) is 0 Å². The summed E-state index contributed by atoms with van der Waals surface area (Å²) in [5, 5.41) is 4.22. The third-order valence-electron chi connectivity index (χ3n) is 2.63. The molecule has 1 aromatic carbocycles. The third-order valence-corrected chi connectivity index (χ3v) is 2.63. The van der Waals surface area contributed by atoms with Gasteiger partial charge in [0, 0.05) is 11.6 Å². The molecule has 0 radical (unpaired) electrons. The van der Waals surface area contributed by atoms with Crippen molar-refractivity contribution in [3.8, 4) is 11.3 Å². The van der Waals surface area contributed by atoms with Crippen LogP contribution >= 0.6 is 0 Å². The third kappa shape index (κ3) is 4.05.